The Morgan fingerprint density at radius 1 is 1.25 bits per heavy atom. The first-order chi connectivity index (χ1) is 7.81. The molecular formula is C11H15ClN4. The summed E-state index contributed by atoms with van der Waals surface area (Å²) in [5.74, 6) is 1.48. The highest BCUT2D eigenvalue weighted by Crippen LogP contribution is 2.28. The van der Waals surface area contributed by atoms with Gasteiger partial charge in [0, 0.05) is 12.6 Å². The SMILES string of the molecule is Clc1cnc(NC2CN3CCC2CC3)nc1. The highest BCUT2D eigenvalue weighted by Gasteiger charge is 2.34. The minimum absolute atomic E-state index is 0.503. The van der Waals surface area contributed by atoms with Gasteiger partial charge in [-0.05, 0) is 31.8 Å². The van der Waals surface area contributed by atoms with Crippen LogP contribution in [0.2, 0.25) is 5.02 Å². The summed E-state index contributed by atoms with van der Waals surface area (Å²) >= 11 is 5.76. The third-order valence-corrected chi connectivity index (χ3v) is 3.79. The van der Waals surface area contributed by atoms with E-state index < -0.39 is 0 Å². The third kappa shape index (κ3) is 1.99. The lowest BCUT2D eigenvalue weighted by atomic mass is 9.84. The van der Waals surface area contributed by atoms with Crippen molar-refractivity contribution in [3.8, 4) is 0 Å². The molecule has 1 unspecified atom stereocenters. The molecule has 4 nitrogen and oxygen atoms in total. The van der Waals surface area contributed by atoms with E-state index in [0.717, 1.165) is 12.5 Å². The molecule has 5 heteroatoms. The topological polar surface area (TPSA) is 41.1 Å². The predicted molar refractivity (Wildman–Crippen MR) is 63.6 cm³/mol. The molecule has 0 aliphatic carbocycles. The molecular weight excluding hydrogens is 224 g/mol. The molecule has 0 saturated carbocycles. The molecule has 1 aromatic rings. The van der Waals surface area contributed by atoms with E-state index in [1.54, 1.807) is 12.4 Å². The van der Waals surface area contributed by atoms with Crippen LogP contribution in [0.25, 0.3) is 0 Å². The molecule has 1 atom stereocenters. The molecule has 3 fully saturated rings. The molecule has 2 bridgehead atoms. The summed E-state index contributed by atoms with van der Waals surface area (Å²) in [7, 11) is 0. The average Bonchev–Trinajstić information content (AvgIpc) is 2.34. The number of fused-ring (bicyclic) bond motifs is 3. The van der Waals surface area contributed by atoms with Gasteiger partial charge in [0.15, 0.2) is 0 Å². The number of anilines is 1. The van der Waals surface area contributed by atoms with Crippen molar-refractivity contribution < 1.29 is 0 Å². The molecule has 0 spiro atoms. The number of rotatable bonds is 2. The van der Waals surface area contributed by atoms with Crippen LogP contribution < -0.4 is 5.32 Å². The zero-order chi connectivity index (χ0) is 11.0. The largest absolute Gasteiger partial charge is 0.350 e. The molecule has 4 heterocycles. The first kappa shape index (κ1) is 10.3. The summed E-state index contributed by atoms with van der Waals surface area (Å²) in [5.41, 5.74) is 0. The van der Waals surface area contributed by atoms with Crippen molar-refractivity contribution in [3.05, 3.63) is 17.4 Å². The first-order valence-electron chi connectivity index (χ1n) is 5.78. The van der Waals surface area contributed by atoms with Crippen molar-refractivity contribution in [3.63, 3.8) is 0 Å². The summed E-state index contributed by atoms with van der Waals surface area (Å²) in [6, 6.07) is 0.503. The predicted octanol–water partition coefficient (Wildman–Crippen LogP) is 1.64. The maximum absolute atomic E-state index is 5.76. The Morgan fingerprint density at radius 2 is 1.94 bits per heavy atom. The van der Waals surface area contributed by atoms with E-state index in [-0.39, 0.29) is 0 Å². The third-order valence-electron chi connectivity index (χ3n) is 3.59. The van der Waals surface area contributed by atoms with Gasteiger partial charge in [0.25, 0.3) is 0 Å². The lowest BCUT2D eigenvalue weighted by Crippen LogP contribution is -2.53. The molecule has 16 heavy (non-hydrogen) atoms. The van der Waals surface area contributed by atoms with Crippen LogP contribution in [0.15, 0.2) is 12.4 Å². The van der Waals surface area contributed by atoms with Gasteiger partial charge in [0.05, 0.1) is 17.4 Å². The van der Waals surface area contributed by atoms with Crippen LogP contribution in [0.5, 0.6) is 0 Å². The van der Waals surface area contributed by atoms with E-state index in [2.05, 4.69) is 20.2 Å². The molecule has 0 amide bonds. The second-order valence-electron chi connectivity index (χ2n) is 4.61. The number of nitrogens with zero attached hydrogens (tertiary/aromatic N) is 3. The highest BCUT2D eigenvalue weighted by molar-refractivity contribution is 6.30. The Morgan fingerprint density at radius 3 is 2.50 bits per heavy atom. The van der Waals surface area contributed by atoms with Crippen LogP contribution >= 0.6 is 11.6 Å². The Labute approximate surface area is 100 Å². The van der Waals surface area contributed by atoms with Crippen LogP contribution in [0.1, 0.15) is 12.8 Å². The summed E-state index contributed by atoms with van der Waals surface area (Å²) in [5, 5.41) is 4.00. The van der Waals surface area contributed by atoms with Crippen molar-refractivity contribution >= 4 is 17.5 Å². The molecule has 0 aromatic carbocycles. The van der Waals surface area contributed by atoms with Crippen molar-refractivity contribution in [1.82, 2.24) is 14.9 Å². The molecule has 86 valence electrons. The second kappa shape index (κ2) is 4.18. The maximum Gasteiger partial charge on any atom is 0.222 e. The summed E-state index contributed by atoms with van der Waals surface area (Å²) in [6.45, 7) is 3.63. The Balaban J connectivity index is 1.68. The van der Waals surface area contributed by atoms with Gasteiger partial charge in [-0.2, -0.15) is 0 Å². The molecule has 0 radical (unpaired) electrons. The number of hydrogen-bond donors (Lipinski definition) is 1. The standard InChI is InChI=1S/C11H15ClN4/c12-9-5-13-11(14-6-9)15-10-7-16-3-1-8(10)2-4-16/h5-6,8,10H,1-4,7H2,(H,13,14,15). The Kier molecular flexibility index (Phi) is 2.69. The van der Waals surface area contributed by atoms with Crippen LogP contribution in [0.4, 0.5) is 5.95 Å². The van der Waals surface area contributed by atoms with Gasteiger partial charge in [-0.1, -0.05) is 11.6 Å². The number of piperidine rings is 3. The van der Waals surface area contributed by atoms with Gasteiger partial charge in [-0.25, -0.2) is 9.97 Å². The van der Waals surface area contributed by atoms with E-state index >= 15 is 0 Å². The molecule has 1 N–H and O–H groups in total. The van der Waals surface area contributed by atoms with E-state index in [0.29, 0.717) is 17.0 Å². The van der Waals surface area contributed by atoms with Gasteiger partial charge in [0.1, 0.15) is 0 Å². The van der Waals surface area contributed by atoms with E-state index in [9.17, 15) is 0 Å². The Hall–Kier alpha value is -0.870. The first-order valence-corrected chi connectivity index (χ1v) is 6.15. The zero-order valence-corrected chi connectivity index (χ0v) is 9.82. The summed E-state index contributed by atoms with van der Waals surface area (Å²) < 4.78 is 0. The molecule has 3 aliphatic rings. The van der Waals surface area contributed by atoms with E-state index in [4.69, 9.17) is 11.6 Å². The molecule has 4 rings (SSSR count). The van der Waals surface area contributed by atoms with Gasteiger partial charge < -0.3 is 10.2 Å². The Bertz CT molecular complexity index is 359. The lowest BCUT2D eigenvalue weighted by Gasteiger charge is -2.44. The minimum atomic E-state index is 0.503. The molecule has 1 aromatic heterocycles. The monoisotopic (exact) mass is 238 g/mol. The lowest BCUT2D eigenvalue weighted by molar-refractivity contribution is 0.0972. The van der Waals surface area contributed by atoms with Gasteiger partial charge >= 0.3 is 0 Å². The van der Waals surface area contributed by atoms with Crippen LogP contribution in [0.3, 0.4) is 0 Å². The minimum Gasteiger partial charge on any atom is -0.350 e. The summed E-state index contributed by atoms with van der Waals surface area (Å²) in [4.78, 5) is 10.9. The van der Waals surface area contributed by atoms with Crippen molar-refractivity contribution in [2.75, 3.05) is 25.0 Å². The fourth-order valence-corrected chi connectivity index (χ4v) is 2.78. The average molecular weight is 239 g/mol. The van der Waals surface area contributed by atoms with Crippen molar-refractivity contribution in [2.45, 2.75) is 18.9 Å². The number of halogens is 1. The van der Waals surface area contributed by atoms with Crippen molar-refractivity contribution in [2.24, 2.45) is 5.92 Å². The van der Waals surface area contributed by atoms with Crippen LogP contribution in [-0.2, 0) is 0 Å². The quantitative estimate of drug-likeness (QED) is 0.851. The molecule has 3 aliphatic heterocycles. The smallest absolute Gasteiger partial charge is 0.222 e. The summed E-state index contributed by atoms with van der Waals surface area (Å²) in [6.07, 6.45) is 5.87. The fourth-order valence-electron chi connectivity index (χ4n) is 2.68. The van der Waals surface area contributed by atoms with Crippen LogP contribution in [0, 0.1) is 5.92 Å². The maximum atomic E-state index is 5.76. The van der Waals surface area contributed by atoms with Gasteiger partial charge in [0.2, 0.25) is 5.95 Å². The van der Waals surface area contributed by atoms with Crippen molar-refractivity contribution in [1.29, 1.82) is 0 Å². The zero-order valence-electron chi connectivity index (χ0n) is 9.06. The van der Waals surface area contributed by atoms with E-state index in [1.807, 2.05) is 0 Å². The number of aromatic nitrogens is 2. The fraction of sp³-hybridized carbons (Fsp3) is 0.636. The second-order valence-corrected chi connectivity index (χ2v) is 5.05. The van der Waals surface area contributed by atoms with Gasteiger partial charge in [-0.15, -0.1) is 0 Å². The van der Waals surface area contributed by atoms with Gasteiger partial charge in [-0.3, -0.25) is 0 Å². The number of nitrogens with one attached hydrogen (secondary N) is 1. The van der Waals surface area contributed by atoms with Crippen LogP contribution in [-0.4, -0.2) is 40.5 Å². The molecule has 3 saturated heterocycles. The number of hydrogen-bond acceptors (Lipinski definition) is 4. The highest BCUT2D eigenvalue weighted by atomic mass is 35.5. The normalized spacial score (nSPS) is 32.7. The van der Waals surface area contributed by atoms with E-state index in [1.165, 1.54) is 25.9 Å².